The molecule has 0 unspecified atom stereocenters. The van der Waals surface area contributed by atoms with Crippen molar-refractivity contribution in [3.63, 3.8) is 0 Å². The Morgan fingerprint density at radius 1 is 1.12 bits per heavy atom. The quantitative estimate of drug-likeness (QED) is 0.678. The maximum Gasteiger partial charge on any atom is 0.338 e. The summed E-state index contributed by atoms with van der Waals surface area (Å²) < 4.78 is 6.89. The highest BCUT2D eigenvalue weighted by Crippen LogP contribution is 2.26. The van der Waals surface area contributed by atoms with E-state index in [9.17, 15) is 10.1 Å². The van der Waals surface area contributed by atoms with E-state index in [1.807, 2.05) is 47.2 Å². The molecule has 0 amide bonds. The van der Waals surface area contributed by atoms with E-state index >= 15 is 0 Å². The summed E-state index contributed by atoms with van der Waals surface area (Å²) in [5.74, 6) is -0.352. The number of nitriles is 1. The van der Waals surface area contributed by atoms with Gasteiger partial charge in [-0.2, -0.15) is 5.26 Å². The van der Waals surface area contributed by atoms with Crippen molar-refractivity contribution in [2.75, 3.05) is 6.61 Å². The Balaban J connectivity index is 2.02. The maximum absolute atomic E-state index is 11.9. The molecule has 0 N–H and O–H groups in total. The summed E-state index contributed by atoms with van der Waals surface area (Å²) in [6.07, 6.45) is 3.67. The molecule has 0 bridgehead atoms. The molecule has 118 valence electrons. The second-order valence-electron chi connectivity index (χ2n) is 5.24. The predicted molar refractivity (Wildman–Crippen MR) is 91.9 cm³/mol. The number of carbonyl (C=O) groups excluding carboxylic acids is 1. The van der Waals surface area contributed by atoms with Crippen LogP contribution in [0.2, 0.25) is 0 Å². The number of esters is 1. The molecule has 4 heteroatoms. The van der Waals surface area contributed by atoms with Crippen molar-refractivity contribution in [1.82, 2.24) is 4.57 Å². The first-order valence-corrected chi connectivity index (χ1v) is 7.68. The fourth-order valence-corrected chi connectivity index (χ4v) is 2.55. The van der Waals surface area contributed by atoms with Crippen LogP contribution in [0.3, 0.4) is 0 Å². The number of benzene rings is 2. The van der Waals surface area contributed by atoms with Crippen molar-refractivity contribution in [2.24, 2.45) is 0 Å². The molecule has 24 heavy (non-hydrogen) atoms. The van der Waals surface area contributed by atoms with Gasteiger partial charge in [0, 0.05) is 23.6 Å². The Morgan fingerprint density at radius 3 is 2.62 bits per heavy atom. The highest BCUT2D eigenvalue weighted by Gasteiger charge is 2.11. The molecule has 1 aromatic heterocycles. The minimum atomic E-state index is -0.352. The number of aromatic nitrogens is 1. The first-order valence-electron chi connectivity index (χ1n) is 7.68. The van der Waals surface area contributed by atoms with Crippen LogP contribution in [-0.2, 0) is 4.74 Å². The Bertz CT molecular complexity index is 905. The van der Waals surface area contributed by atoms with E-state index in [1.54, 1.807) is 31.3 Å². The van der Waals surface area contributed by atoms with Gasteiger partial charge in [0.25, 0.3) is 0 Å². The van der Waals surface area contributed by atoms with Crippen molar-refractivity contribution < 1.29 is 9.53 Å². The molecular weight excluding hydrogens is 300 g/mol. The van der Waals surface area contributed by atoms with Crippen LogP contribution in [0.15, 0.2) is 67.0 Å². The van der Waals surface area contributed by atoms with Crippen LogP contribution in [0.1, 0.15) is 22.8 Å². The molecule has 0 radical (unpaired) electrons. The summed E-state index contributed by atoms with van der Waals surface area (Å²) in [4.78, 5) is 11.9. The number of hydrogen-bond donors (Lipinski definition) is 0. The zero-order valence-electron chi connectivity index (χ0n) is 13.3. The van der Waals surface area contributed by atoms with Crippen LogP contribution in [0.25, 0.3) is 16.8 Å². The lowest BCUT2D eigenvalue weighted by Crippen LogP contribution is -2.05. The van der Waals surface area contributed by atoms with Gasteiger partial charge in [-0.15, -0.1) is 0 Å². The average Bonchev–Trinajstić information content (AvgIpc) is 3.07. The molecule has 0 saturated carbocycles. The lowest BCUT2D eigenvalue weighted by Gasteiger charge is -2.06. The molecule has 0 aliphatic rings. The molecule has 0 aliphatic carbocycles. The summed E-state index contributed by atoms with van der Waals surface area (Å²) in [5.41, 5.74) is 3.72. The number of ether oxygens (including phenoxy) is 1. The third-order valence-electron chi connectivity index (χ3n) is 3.69. The van der Waals surface area contributed by atoms with Crippen LogP contribution < -0.4 is 0 Å². The summed E-state index contributed by atoms with van der Waals surface area (Å²) in [6, 6.07) is 19.1. The summed E-state index contributed by atoms with van der Waals surface area (Å²) >= 11 is 0. The molecule has 0 saturated heterocycles. The van der Waals surface area contributed by atoms with Gasteiger partial charge in [-0.05, 0) is 30.7 Å². The molecule has 3 aromatic rings. The van der Waals surface area contributed by atoms with Crippen molar-refractivity contribution in [3.8, 4) is 22.9 Å². The number of hydrogen-bond acceptors (Lipinski definition) is 3. The van der Waals surface area contributed by atoms with Crippen LogP contribution in [0, 0.1) is 11.3 Å². The van der Waals surface area contributed by atoms with Gasteiger partial charge in [-0.1, -0.05) is 36.4 Å². The zero-order valence-corrected chi connectivity index (χ0v) is 13.3. The summed E-state index contributed by atoms with van der Waals surface area (Å²) in [5, 5.41) is 9.42. The lowest BCUT2D eigenvalue weighted by atomic mass is 10.1. The Morgan fingerprint density at radius 2 is 1.92 bits per heavy atom. The minimum Gasteiger partial charge on any atom is -0.462 e. The number of rotatable bonds is 4. The maximum atomic E-state index is 11.9. The van der Waals surface area contributed by atoms with E-state index in [1.165, 1.54) is 0 Å². The minimum absolute atomic E-state index is 0.337. The van der Waals surface area contributed by atoms with E-state index in [0.717, 1.165) is 16.8 Å². The lowest BCUT2D eigenvalue weighted by molar-refractivity contribution is 0.0526. The van der Waals surface area contributed by atoms with Crippen LogP contribution in [0.4, 0.5) is 0 Å². The van der Waals surface area contributed by atoms with Crippen molar-refractivity contribution in [3.05, 3.63) is 78.1 Å². The first-order chi connectivity index (χ1) is 11.7. The normalized spacial score (nSPS) is 10.2. The van der Waals surface area contributed by atoms with Gasteiger partial charge in [-0.25, -0.2) is 4.79 Å². The molecule has 0 atom stereocenters. The Labute approximate surface area is 140 Å². The van der Waals surface area contributed by atoms with E-state index in [2.05, 4.69) is 6.07 Å². The van der Waals surface area contributed by atoms with Gasteiger partial charge < -0.3 is 9.30 Å². The van der Waals surface area contributed by atoms with E-state index < -0.39 is 0 Å². The fraction of sp³-hybridized carbons (Fsp3) is 0.100. The van der Waals surface area contributed by atoms with Gasteiger partial charge in [0.05, 0.1) is 17.7 Å². The summed E-state index contributed by atoms with van der Waals surface area (Å²) in [7, 11) is 0. The smallest absolute Gasteiger partial charge is 0.338 e. The SMILES string of the molecule is CCOC(=O)c1cccc(-n2cc(C#N)c(-c3ccccc3)c2)c1. The molecule has 2 aromatic carbocycles. The van der Waals surface area contributed by atoms with E-state index in [-0.39, 0.29) is 5.97 Å². The number of carbonyl (C=O) groups is 1. The predicted octanol–water partition coefficient (Wildman–Crippen LogP) is 4.19. The van der Waals surface area contributed by atoms with Gasteiger partial charge >= 0.3 is 5.97 Å². The Kier molecular flexibility index (Phi) is 4.44. The number of nitrogens with zero attached hydrogens (tertiary/aromatic N) is 2. The molecular formula is C20H16N2O2. The van der Waals surface area contributed by atoms with Crippen LogP contribution in [0.5, 0.6) is 0 Å². The Hall–Kier alpha value is -3.32. The zero-order chi connectivity index (χ0) is 16.9. The van der Waals surface area contributed by atoms with Crippen molar-refractivity contribution >= 4 is 5.97 Å². The van der Waals surface area contributed by atoms with Gasteiger partial charge in [-0.3, -0.25) is 0 Å². The van der Waals surface area contributed by atoms with Crippen LogP contribution in [-0.4, -0.2) is 17.1 Å². The molecule has 3 rings (SSSR count). The third kappa shape index (κ3) is 3.06. The third-order valence-corrected chi connectivity index (χ3v) is 3.69. The molecule has 1 heterocycles. The monoisotopic (exact) mass is 316 g/mol. The molecule has 0 fully saturated rings. The van der Waals surface area contributed by atoms with Gasteiger partial charge in [0.15, 0.2) is 0 Å². The summed E-state index contributed by atoms with van der Waals surface area (Å²) in [6.45, 7) is 2.11. The molecule has 0 spiro atoms. The molecule has 4 nitrogen and oxygen atoms in total. The first kappa shape index (κ1) is 15.6. The topological polar surface area (TPSA) is 55.0 Å². The highest BCUT2D eigenvalue weighted by atomic mass is 16.5. The van der Waals surface area contributed by atoms with Crippen molar-refractivity contribution in [2.45, 2.75) is 6.92 Å². The molecule has 0 aliphatic heterocycles. The van der Waals surface area contributed by atoms with Crippen LogP contribution >= 0.6 is 0 Å². The average molecular weight is 316 g/mol. The largest absolute Gasteiger partial charge is 0.462 e. The van der Waals surface area contributed by atoms with Gasteiger partial charge in [0.1, 0.15) is 6.07 Å². The standard InChI is InChI=1S/C20H16N2O2/c1-2-24-20(23)16-9-6-10-18(11-16)22-13-17(12-21)19(14-22)15-7-4-3-5-8-15/h3-11,13-14H,2H2,1H3. The second kappa shape index (κ2) is 6.84. The van der Waals surface area contributed by atoms with Gasteiger partial charge in [0.2, 0.25) is 0 Å². The fourth-order valence-electron chi connectivity index (χ4n) is 2.55. The van der Waals surface area contributed by atoms with E-state index in [4.69, 9.17) is 4.74 Å². The van der Waals surface area contributed by atoms with E-state index in [0.29, 0.717) is 17.7 Å². The van der Waals surface area contributed by atoms with Crippen molar-refractivity contribution in [1.29, 1.82) is 5.26 Å². The highest BCUT2D eigenvalue weighted by molar-refractivity contribution is 5.90. The second-order valence-corrected chi connectivity index (χ2v) is 5.24.